The summed E-state index contributed by atoms with van der Waals surface area (Å²) < 4.78 is 0. The SMILES string of the molecule is CCc1cccc(NC(=O)N2CCC(C)C2C(=O)O)c1. The number of nitrogens with zero attached hydrogens (tertiary/aromatic N) is 1. The molecule has 2 N–H and O–H groups in total. The van der Waals surface area contributed by atoms with Gasteiger partial charge in [0.2, 0.25) is 0 Å². The Hall–Kier alpha value is -2.04. The summed E-state index contributed by atoms with van der Waals surface area (Å²) in [6, 6.07) is 6.53. The lowest BCUT2D eigenvalue weighted by molar-refractivity contribution is -0.142. The van der Waals surface area contributed by atoms with Gasteiger partial charge in [0.1, 0.15) is 6.04 Å². The van der Waals surface area contributed by atoms with Crippen LogP contribution in [0.2, 0.25) is 0 Å². The number of aryl methyl sites for hydroxylation is 1. The van der Waals surface area contributed by atoms with E-state index in [0.717, 1.165) is 18.4 Å². The minimum Gasteiger partial charge on any atom is -0.480 e. The average Bonchev–Trinajstić information content (AvgIpc) is 2.81. The number of nitrogens with one attached hydrogen (secondary N) is 1. The van der Waals surface area contributed by atoms with E-state index in [-0.39, 0.29) is 11.9 Å². The van der Waals surface area contributed by atoms with Gasteiger partial charge in [-0.15, -0.1) is 0 Å². The van der Waals surface area contributed by atoms with Gasteiger partial charge in [0, 0.05) is 12.2 Å². The maximum absolute atomic E-state index is 12.2. The maximum Gasteiger partial charge on any atom is 0.326 e. The summed E-state index contributed by atoms with van der Waals surface area (Å²) in [5.74, 6) is -0.951. The molecule has 1 aliphatic rings. The Labute approximate surface area is 118 Å². The number of carboxylic acids is 1. The molecule has 1 saturated heterocycles. The van der Waals surface area contributed by atoms with Gasteiger partial charge in [0.25, 0.3) is 0 Å². The standard InChI is InChI=1S/C15H20N2O3/c1-3-11-5-4-6-12(9-11)16-15(20)17-8-7-10(2)13(17)14(18)19/h4-6,9-10,13H,3,7-8H2,1-2H3,(H,16,20)(H,18,19). The molecule has 1 aliphatic heterocycles. The molecule has 108 valence electrons. The number of hydrogen-bond donors (Lipinski definition) is 2. The zero-order valence-electron chi connectivity index (χ0n) is 11.8. The van der Waals surface area contributed by atoms with E-state index in [1.807, 2.05) is 38.1 Å². The Morgan fingerprint density at radius 3 is 2.85 bits per heavy atom. The fourth-order valence-corrected chi connectivity index (χ4v) is 2.62. The van der Waals surface area contributed by atoms with Gasteiger partial charge in [-0.3, -0.25) is 0 Å². The van der Waals surface area contributed by atoms with E-state index in [2.05, 4.69) is 5.32 Å². The highest BCUT2D eigenvalue weighted by Crippen LogP contribution is 2.25. The van der Waals surface area contributed by atoms with Crippen LogP contribution in [0.15, 0.2) is 24.3 Å². The number of rotatable bonds is 3. The van der Waals surface area contributed by atoms with Crippen LogP contribution in [0.1, 0.15) is 25.8 Å². The van der Waals surface area contributed by atoms with Crippen molar-refractivity contribution in [2.24, 2.45) is 5.92 Å². The minimum atomic E-state index is -0.938. The van der Waals surface area contributed by atoms with Gasteiger partial charge in [-0.1, -0.05) is 26.0 Å². The Morgan fingerprint density at radius 1 is 1.45 bits per heavy atom. The topological polar surface area (TPSA) is 69.6 Å². The van der Waals surface area contributed by atoms with Gasteiger partial charge < -0.3 is 15.3 Å². The maximum atomic E-state index is 12.2. The third-order valence-corrected chi connectivity index (χ3v) is 3.80. The number of anilines is 1. The molecule has 5 heteroatoms. The van der Waals surface area contributed by atoms with Crippen LogP contribution >= 0.6 is 0 Å². The van der Waals surface area contributed by atoms with Gasteiger partial charge in [0.05, 0.1) is 0 Å². The van der Waals surface area contributed by atoms with Crippen molar-refractivity contribution in [3.05, 3.63) is 29.8 Å². The Morgan fingerprint density at radius 2 is 2.20 bits per heavy atom. The minimum absolute atomic E-state index is 0.0137. The summed E-state index contributed by atoms with van der Waals surface area (Å²) in [6.45, 7) is 4.39. The van der Waals surface area contributed by atoms with E-state index in [9.17, 15) is 14.7 Å². The van der Waals surface area contributed by atoms with Crippen LogP contribution in [0.4, 0.5) is 10.5 Å². The fourth-order valence-electron chi connectivity index (χ4n) is 2.62. The number of carbonyl (C=O) groups excluding carboxylic acids is 1. The molecule has 2 amide bonds. The van der Waals surface area contributed by atoms with Crippen molar-refractivity contribution in [2.45, 2.75) is 32.7 Å². The van der Waals surface area contributed by atoms with Crippen LogP contribution in [0, 0.1) is 5.92 Å². The van der Waals surface area contributed by atoms with Crippen LogP contribution in [-0.4, -0.2) is 34.6 Å². The molecule has 0 spiro atoms. The molecule has 5 nitrogen and oxygen atoms in total. The monoisotopic (exact) mass is 276 g/mol. The molecule has 1 fully saturated rings. The van der Waals surface area contributed by atoms with Gasteiger partial charge in [-0.2, -0.15) is 0 Å². The third kappa shape index (κ3) is 2.92. The Kier molecular flexibility index (Phi) is 4.27. The summed E-state index contributed by atoms with van der Waals surface area (Å²) in [5.41, 5.74) is 1.84. The van der Waals surface area contributed by atoms with E-state index in [4.69, 9.17) is 0 Å². The second kappa shape index (κ2) is 5.94. The highest BCUT2D eigenvalue weighted by atomic mass is 16.4. The van der Waals surface area contributed by atoms with Crippen molar-refractivity contribution < 1.29 is 14.7 Å². The molecule has 2 atom stereocenters. The lowest BCUT2D eigenvalue weighted by Crippen LogP contribution is -2.44. The van der Waals surface area contributed by atoms with Crippen LogP contribution in [0.3, 0.4) is 0 Å². The zero-order chi connectivity index (χ0) is 14.7. The van der Waals surface area contributed by atoms with E-state index < -0.39 is 12.0 Å². The number of urea groups is 1. The summed E-state index contributed by atoms with van der Waals surface area (Å²) in [4.78, 5) is 24.9. The number of benzene rings is 1. The van der Waals surface area contributed by atoms with E-state index in [0.29, 0.717) is 12.2 Å². The first kappa shape index (κ1) is 14.4. The molecule has 20 heavy (non-hydrogen) atoms. The second-order valence-corrected chi connectivity index (χ2v) is 5.23. The zero-order valence-corrected chi connectivity index (χ0v) is 11.8. The van der Waals surface area contributed by atoms with E-state index >= 15 is 0 Å². The van der Waals surface area contributed by atoms with Crippen LogP contribution < -0.4 is 5.32 Å². The molecule has 0 aliphatic carbocycles. The lowest BCUT2D eigenvalue weighted by atomic mass is 10.0. The van der Waals surface area contributed by atoms with Gasteiger partial charge in [-0.05, 0) is 36.5 Å². The molecule has 1 aromatic carbocycles. The van der Waals surface area contributed by atoms with Crippen molar-refractivity contribution in [1.82, 2.24) is 4.90 Å². The van der Waals surface area contributed by atoms with Crippen molar-refractivity contribution in [3.63, 3.8) is 0 Å². The summed E-state index contributed by atoms with van der Waals surface area (Å²) >= 11 is 0. The van der Waals surface area contributed by atoms with Gasteiger partial charge >= 0.3 is 12.0 Å². The lowest BCUT2D eigenvalue weighted by Gasteiger charge is -2.23. The molecule has 0 aromatic heterocycles. The van der Waals surface area contributed by atoms with Gasteiger partial charge in [-0.25, -0.2) is 9.59 Å². The number of carboxylic acid groups (broad SMARTS) is 1. The molecule has 1 aromatic rings. The smallest absolute Gasteiger partial charge is 0.326 e. The predicted molar refractivity (Wildman–Crippen MR) is 76.7 cm³/mol. The van der Waals surface area contributed by atoms with Crippen molar-refractivity contribution >= 4 is 17.7 Å². The second-order valence-electron chi connectivity index (χ2n) is 5.23. The predicted octanol–water partition coefficient (Wildman–Crippen LogP) is 2.58. The summed E-state index contributed by atoms with van der Waals surface area (Å²) in [5, 5.41) is 12.0. The fraction of sp³-hybridized carbons (Fsp3) is 0.467. The molecular weight excluding hydrogens is 256 g/mol. The highest BCUT2D eigenvalue weighted by Gasteiger charge is 2.39. The quantitative estimate of drug-likeness (QED) is 0.891. The van der Waals surface area contributed by atoms with E-state index in [1.165, 1.54) is 4.90 Å². The van der Waals surface area contributed by atoms with Gasteiger partial charge in [0.15, 0.2) is 0 Å². The number of hydrogen-bond acceptors (Lipinski definition) is 2. The number of carbonyl (C=O) groups is 2. The number of likely N-dealkylation sites (tertiary alicyclic amines) is 1. The first-order valence-corrected chi connectivity index (χ1v) is 6.92. The summed E-state index contributed by atoms with van der Waals surface area (Å²) in [6.07, 6.45) is 1.61. The van der Waals surface area contributed by atoms with Crippen LogP contribution in [0.5, 0.6) is 0 Å². The molecule has 1 heterocycles. The molecule has 0 radical (unpaired) electrons. The van der Waals surface area contributed by atoms with Crippen LogP contribution in [0.25, 0.3) is 0 Å². The molecular formula is C15H20N2O3. The van der Waals surface area contributed by atoms with Crippen molar-refractivity contribution in [2.75, 3.05) is 11.9 Å². The first-order chi connectivity index (χ1) is 9.52. The largest absolute Gasteiger partial charge is 0.480 e. The Bertz CT molecular complexity index is 516. The highest BCUT2D eigenvalue weighted by molar-refractivity contribution is 5.92. The molecule has 0 bridgehead atoms. The first-order valence-electron chi connectivity index (χ1n) is 6.92. The van der Waals surface area contributed by atoms with E-state index in [1.54, 1.807) is 0 Å². The Balaban J connectivity index is 2.09. The third-order valence-electron chi connectivity index (χ3n) is 3.80. The summed E-state index contributed by atoms with van der Waals surface area (Å²) in [7, 11) is 0. The average molecular weight is 276 g/mol. The number of amides is 2. The van der Waals surface area contributed by atoms with Crippen molar-refractivity contribution in [1.29, 1.82) is 0 Å². The number of aliphatic carboxylic acids is 1. The van der Waals surface area contributed by atoms with Crippen LogP contribution in [-0.2, 0) is 11.2 Å². The normalized spacial score (nSPS) is 21.8. The molecule has 2 rings (SSSR count). The molecule has 0 saturated carbocycles. The van der Waals surface area contributed by atoms with Crippen molar-refractivity contribution in [3.8, 4) is 0 Å². The molecule has 2 unspecified atom stereocenters.